The van der Waals surface area contributed by atoms with Crippen molar-refractivity contribution < 1.29 is 9.59 Å². The molecule has 4 rings (SSSR count). The Morgan fingerprint density at radius 2 is 1.92 bits per heavy atom. The Morgan fingerprint density at radius 1 is 1.18 bits per heavy atom. The lowest BCUT2D eigenvalue weighted by Crippen LogP contribution is -2.39. The van der Waals surface area contributed by atoms with Gasteiger partial charge in [-0.15, -0.1) is 5.10 Å². The molecule has 0 aliphatic carbocycles. The van der Waals surface area contributed by atoms with Crippen LogP contribution in [0.1, 0.15) is 43.5 Å². The summed E-state index contributed by atoms with van der Waals surface area (Å²) in [6, 6.07) is 10.6. The lowest BCUT2D eigenvalue weighted by Gasteiger charge is -2.21. The van der Waals surface area contributed by atoms with Crippen molar-refractivity contribution in [3.8, 4) is 11.4 Å². The van der Waals surface area contributed by atoms with Gasteiger partial charge in [-0.1, -0.05) is 65.8 Å². The van der Waals surface area contributed by atoms with Gasteiger partial charge in [0.2, 0.25) is 5.91 Å². The summed E-state index contributed by atoms with van der Waals surface area (Å²) >= 11 is 7.62. The molecule has 0 bridgehead atoms. The van der Waals surface area contributed by atoms with Gasteiger partial charge >= 0.3 is 6.03 Å². The molecule has 1 unspecified atom stereocenters. The monoisotopic (exact) mass is 563 g/mol. The summed E-state index contributed by atoms with van der Waals surface area (Å²) in [5.41, 5.74) is 10.8. The number of nitrogens with zero attached hydrogens (tertiary/aromatic N) is 5. The fraction of sp³-hybridized carbons (Fsp3) is 0.250. The minimum atomic E-state index is -0.613. The van der Waals surface area contributed by atoms with Crippen LogP contribution in [0.3, 0.4) is 0 Å². The van der Waals surface area contributed by atoms with E-state index in [0.29, 0.717) is 16.5 Å². The number of carbonyl (C=O) groups is 2. The fourth-order valence-electron chi connectivity index (χ4n) is 3.99. The van der Waals surface area contributed by atoms with Crippen molar-refractivity contribution in [1.29, 1.82) is 0 Å². The van der Waals surface area contributed by atoms with E-state index in [0.717, 1.165) is 28.0 Å². The summed E-state index contributed by atoms with van der Waals surface area (Å²) < 4.78 is 1.73. The van der Waals surface area contributed by atoms with Crippen molar-refractivity contribution in [2.75, 3.05) is 10.7 Å². The first kappa shape index (κ1) is 28.3. The van der Waals surface area contributed by atoms with Crippen LogP contribution in [0.5, 0.6) is 0 Å². The summed E-state index contributed by atoms with van der Waals surface area (Å²) in [5.74, 6) is 0.628. The highest BCUT2D eigenvalue weighted by Crippen LogP contribution is 2.36. The molecule has 2 heterocycles. The largest absolute Gasteiger partial charge is 0.357 e. The van der Waals surface area contributed by atoms with E-state index in [9.17, 15) is 9.59 Å². The second kappa shape index (κ2) is 12.4. The normalized spacial score (nSPS) is 15.9. The third-order valence-corrected chi connectivity index (χ3v) is 7.52. The predicted molar refractivity (Wildman–Crippen MR) is 159 cm³/mol. The molecule has 3 amide bonds. The Bertz CT molecular complexity index is 1480. The van der Waals surface area contributed by atoms with E-state index in [1.165, 1.54) is 16.7 Å². The predicted octanol–water partition coefficient (Wildman–Crippen LogP) is 6.06. The number of aliphatic imine (C=N–C) groups is 1. The quantitative estimate of drug-likeness (QED) is 0.267. The van der Waals surface area contributed by atoms with Crippen LogP contribution in [-0.2, 0) is 4.79 Å². The van der Waals surface area contributed by atoms with Crippen molar-refractivity contribution in [3.63, 3.8) is 0 Å². The van der Waals surface area contributed by atoms with Crippen LogP contribution in [0.2, 0.25) is 5.02 Å². The summed E-state index contributed by atoms with van der Waals surface area (Å²) in [7, 11) is 0. The minimum Gasteiger partial charge on any atom is -0.273 e. The van der Waals surface area contributed by atoms with Gasteiger partial charge in [-0.05, 0) is 63.5 Å². The van der Waals surface area contributed by atoms with Gasteiger partial charge in [-0.25, -0.2) is 19.9 Å². The standard InChI is InChI=1S/C28H30ClN7O2S/c1-6-8-22(7-2)35-16-30-26(34-35)21-12-10-20(11-13-21)19(5)32-33-27(38)31-28-36(24(37)15-39-28)25-18(4)17(3)9-14-23(25)29/h6-14,16,19,32H,15H2,1-5H3,(H,33,38)/b8-6-,22-7+,31-28-. The number of aromatic nitrogens is 3. The highest BCUT2D eigenvalue weighted by Gasteiger charge is 2.33. The zero-order valence-electron chi connectivity index (χ0n) is 22.4. The number of benzene rings is 2. The molecule has 0 radical (unpaired) electrons. The van der Waals surface area contributed by atoms with Crippen LogP contribution in [0, 0.1) is 13.8 Å². The molecule has 2 aromatic carbocycles. The average molecular weight is 564 g/mol. The Kier molecular flexibility index (Phi) is 9.01. The third kappa shape index (κ3) is 6.30. The van der Waals surface area contributed by atoms with Crippen molar-refractivity contribution in [2.45, 2.75) is 40.7 Å². The number of amidine groups is 1. The molecule has 1 atom stereocenters. The molecule has 9 nitrogen and oxygen atoms in total. The van der Waals surface area contributed by atoms with E-state index in [4.69, 9.17) is 11.6 Å². The third-order valence-electron chi connectivity index (χ3n) is 6.29. The molecule has 1 aromatic heterocycles. The topological polar surface area (TPSA) is 105 Å². The van der Waals surface area contributed by atoms with Crippen LogP contribution in [-0.4, -0.2) is 37.6 Å². The van der Waals surface area contributed by atoms with Gasteiger partial charge in [0.15, 0.2) is 11.0 Å². The SMILES string of the molecule is C/C=C\C(=C/C)n1cnc(-c2ccc(C(C)NNC(=O)/N=C3\SCC(=O)N3c3c(Cl)ccc(C)c3C)cc2)n1. The zero-order chi connectivity index (χ0) is 28.1. The van der Waals surface area contributed by atoms with Crippen molar-refractivity contribution in [3.05, 3.63) is 82.7 Å². The molecular weight excluding hydrogens is 534 g/mol. The summed E-state index contributed by atoms with van der Waals surface area (Å²) in [6.07, 6.45) is 7.57. The molecule has 0 spiro atoms. The number of anilines is 1. The van der Waals surface area contributed by atoms with Crippen LogP contribution >= 0.6 is 23.4 Å². The number of aryl methyl sites for hydroxylation is 1. The first-order valence-electron chi connectivity index (χ1n) is 12.4. The van der Waals surface area contributed by atoms with Gasteiger partial charge in [0, 0.05) is 11.6 Å². The number of urea groups is 1. The van der Waals surface area contributed by atoms with Crippen molar-refractivity contribution in [2.24, 2.45) is 4.99 Å². The number of hydrazine groups is 1. The van der Waals surface area contributed by atoms with Gasteiger partial charge in [-0.3, -0.25) is 15.1 Å². The Balaban J connectivity index is 1.41. The molecular formula is C28H30ClN7O2S. The Hall–Kier alpha value is -3.73. The Morgan fingerprint density at radius 3 is 2.62 bits per heavy atom. The number of halogens is 1. The Labute approximate surface area is 237 Å². The number of amides is 3. The number of hydrogen-bond acceptors (Lipinski definition) is 6. The number of thioether (sulfide) groups is 1. The molecule has 0 saturated carbocycles. The molecule has 39 heavy (non-hydrogen) atoms. The highest BCUT2D eigenvalue weighted by atomic mass is 35.5. The van der Waals surface area contributed by atoms with Gasteiger partial charge in [0.05, 0.1) is 22.2 Å². The van der Waals surface area contributed by atoms with E-state index >= 15 is 0 Å². The van der Waals surface area contributed by atoms with Crippen molar-refractivity contribution in [1.82, 2.24) is 25.6 Å². The van der Waals surface area contributed by atoms with Crippen molar-refractivity contribution >= 4 is 51.9 Å². The van der Waals surface area contributed by atoms with Crippen LogP contribution in [0.4, 0.5) is 10.5 Å². The first-order valence-corrected chi connectivity index (χ1v) is 13.8. The lowest BCUT2D eigenvalue weighted by atomic mass is 10.1. The first-order chi connectivity index (χ1) is 18.7. The van der Waals surface area contributed by atoms with Crippen LogP contribution in [0.15, 0.2) is 65.9 Å². The molecule has 3 aromatic rings. The summed E-state index contributed by atoms with van der Waals surface area (Å²) in [5, 5.41) is 5.28. The summed E-state index contributed by atoms with van der Waals surface area (Å²) in [4.78, 5) is 35.3. The summed E-state index contributed by atoms with van der Waals surface area (Å²) in [6.45, 7) is 9.66. The van der Waals surface area contributed by atoms with E-state index in [-0.39, 0.29) is 22.9 Å². The maximum absolute atomic E-state index is 12.6. The minimum absolute atomic E-state index is 0.174. The molecule has 1 saturated heterocycles. The van der Waals surface area contributed by atoms with Crippen LogP contribution < -0.4 is 15.8 Å². The van der Waals surface area contributed by atoms with Crippen LogP contribution in [0.25, 0.3) is 17.1 Å². The number of nitrogens with one attached hydrogen (secondary N) is 2. The van der Waals surface area contributed by atoms with E-state index < -0.39 is 6.03 Å². The highest BCUT2D eigenvalue weighted by molar-refractivity contribution is 8.15. The maximum Gasteiger partial charge on any atom is 0.357 e. The fourth-order valence-corrected chi connectivity index (χ4v) is 5.13. The number of carbonyl (C=O) groups excluding carboxylic acids is 2. The van der Waals surface area contributed by atoms with E-state index in [2.05, 4.69) is 25.9 Å². The molecule has 1 aliphatic heterocycles. The maximum atomic E-state index is 12.6. The smallest absolute Gasteiger partial charge is 0.273 e. The number of rotatable bonds is 7. The molecule has 1 aliphatic rings. The van der Waals surface area contributed by atoms with Gasteiger partial charge in [0.1, 0.15) is 6.33 Å². The zero-order valence-corrected chi connectivity index (χ0v) is 24.0. The molecule has 202 valence electrons. The number of hydrogen-bond donors (Lipinski definition) is 2. The van der Waals surface area contributed by atoms with Gasteiger partial charge in [-0.2, -0.15) is 4.99 Å². The molecule has 1 fully saturated rings. The van der Waals surface area contributed by atoms with Gasteiger partial charge < -0.3 is 0 Å². The lowest BCUT2D eigenvalue weighted by molar-refractivity contribution is -0.115. The van der Waals surface area contributed by atoms with Gasteiger partial charge in [0.25, 0.3) is 0 Å². The molecule has 2 N–H and O–H groups in total. The van der Waals surface area contributed by atoms with E-state index in [1.807, 2.05) is 83.2 Å². The van der Waals surface area contributed by atoms with E-state index in [1.54, 1.807) is 17.1 Å². The average Bonchev–Trinajstić information content (AvgIpc) is 3.56. The molecule has 11 heteroatoms. The second-order valence-electron chi connectivity index (χ2n) is 8.89. The second-order valence-corrected chi connectivity index (χ2v) is 10.2. The number of allylic oxidation sites excluding steroid dienone is 4.